The molecule has 1 fully saturated rings. The molecule has 0 unspecified atom stereocenters. The third-order valence-corrected chi connectivity index (χ3v) is 4.93. The van der Waals surface area contributed by atoms with Crippen LogP contribution in [-0.2, 0) is 14.8 Å². The summed E-state index contributed by atoms with van der Waals surface area (Å²) >= 11 is 0. The Labute approximate surface area is 96.3 Å². The summed E-state index contributed by atoms with van der Waals surface area (Å²) in [5.41, 5.74) is 0. The zero-order valence-electron chi connectivity index (χ0n) is 9.64. The number of rotatable bonds is 4. The summed E-state index contributed by atoms with van der Waals surface area (Å²) in [5, 5.41) is 8.37. The zero-order valence-corrected chi connectivity index (χ0v) is 10.5. The maximum Gasteiger partial charge on any atom is 0.306 e. The standard InChI is InChI=1S/C10H19NO4S/c1-7(2)16(14,15)11-9-5-3-8(4-6-9)10(12)13/h7-9,11H,3-6H2,1-2H3,(H,12,13). The molecule has 0 heterocycles. The van der Waals surface area contributed by atoms with E-state index in [4.69, 9.17) is 5.11 Å². The first kappa shape index (κ1) is 13.4. The second-order valence-electron chi connectivity index (χ2n) is 4.60. The van der Waals surface area contributed by atoms with Gasteiger partial charge >= 0.3 is 5.97 Å². The van der Waals surface area contributed by atoms with Crippen LogP contribution in [0.3, 0.4) is 0 Å². The number of carboxylic acids is 1. The van der Waals surface area contributed by atoms with Crippen LogP contribution in [0.25, 0.3) is 0 Å². The summed E-state index contributed by atoms with van der Waals surface area (Å²) in [4.78, 5) is 10.7. The molecule has 6 heteroatoms. The topological polar surface area (TPSA) is 83.5 Å². The minimum absolute atomic E-state index is 0.0944. The van der Waals surface area contributed by atoms with Crippen molar-refractivity contribution < 1.29 is 18.3 Å². The second-order valence-corrected chi connectivity index (χ2v) is 6.87. The molecule has 1 aliphatic rings. The summed E-state index contributed by atoms with van der Waals surface area (Å²) in [6, 6.07) is -0.0944. The van der Waals surface area contributed by atoms with Gasteiger partial charge in [0.1, 0.15) is 0 Å². The van der Waals surface area contributed by atoms with Crippen molar-refractivity contribution in [1.29, 1.82) is 0 Å². The van der Waals surface area contributed by atoms with E-state index in [9.17, 15) is 13.2 Å². The van der Waals surface area contributed by atoms with Crippen LogP contribution in [0.15, 0.2) is 0 Å². The first-order chi connectivity index (χ1) is 7.33. The fourth-order valence-electron chi connectivity index (χ4n) is 1.83. The summed E-state index contributed by atoms with van der Waals surface area (Å²) in [5.74, 6) is -1.08. The van der Waals surface area contributed by atoms with E-state index in [2.05, 4.69) is 4.72 Å². The molecule has 0 amide bonds. The minimum atomic E-state index is -3.23. The van der Waals surface area contributed by atoms with E-state index in [1.807, 2.05) is 0 Å². The van der Waals surface area contributed by atoms with Crippen molar-refractivity contribution >= 4 is 16.0 Å². The average Bonchev–Trinajstić information content (AvgIpc) is 2.17. The number of aliphatic carboxylic acids is 1. The van der Waals surface area contributed by atoms with Crippen LogP contribution in [0.5, 0.6) is 0 Å². The fraction of sp³-hybridized carbons (Fsp3) is 0.900. The lowest BCUT2D eigenvalue weighted by Gasteiger charge is -2.27. The van der Waals surface area contributed by atoms with Gasteiger partial charge in [-0.25, -0.2) is 13.1 Å². The maximum atomic E-state index is 11.6. The van der Waals surface area contributed by atoms with E-state index in [1.54, 1.807) is 13.8 Å². The maximum absolute atomic E-state index is 11.6. The van der Waals surface area contributed by atoms with Gasteiger partial charge in [0, 0.05) is 6.04 Å². The van der Waals surface area contributed by atoms with Crippen LogP contribution < -0.4 is 4.72 Å². The van der Waals surface area contributed by atoms with Crippen molar-refractivity contribution in [2.45, 2.75) is 50.8 Å². The SMILES string of the molecule is CC(C)S(=O)(=O)NC1CCC(C(=O)O)CC1. The molecule has 1 saturated carbocycles. The second kappa shape index (κ2) is 5.14. The molecular formula is C10H19NO4S. The van der Waals surface area contributed by atoms with Gasteiger partial charge in [0.05, 0.1) is 11.2 Å². The summed E-state index contributed by atoms with van der Waals surface area (Å²) in [6.45, 7) is 3.26. The molecule has 1 rings (SSSR count). The number of carboxylic acid groups (broad SMARTS) is 1. The third-order valence-electron chi connectivity index (χ3n) is 3.03. The Hall–Kier alpha value is -0.620. The van der Waals surface area contributed by atoms with E-state index in [0.29, 0.717) is 25.7 Å². The smallest absolute Gasteiger partial charge is 0.306 e. The molecule has 0 aromatic rings. The molecule has 0 bridgehead atoms. The van der Waals surface area contributed by atoms with Crippen LogP contribution in [0, 0.1) is 5.92 Å². The Balaban J connectivity index is 2.47. The molecule has 0 aromatic heterocycles. The lowest BCUT2D eigenvalue weighted by atomic mass is 9.87. The van der Waals surface area contributed by atoms with E-state index < -0.39 is 21.2 Å². The van der Waals surface area contributed by atoms with Gasteiger partial charge in [-0.15, -0.1) is 0 Å². The van der Waals surface area contributed by atoms with Crippen LogP contribution in [-0.4, -0.2) is 30.8 Å². The highest BCUT2D eigenvalue weighted by atomic mass is 32.2. The Morgan fingerprint density at radius 1 is 1.25 bits per heavy atom. The third kappa shape index (κ3) is 3.45. The van der Waals surface area contributed by atoms with E-state index in [1.165, 1.54) is 0 Å². The van der Waals surface area contributed by atoms with Crippen LogP contribution in [0.4, 0.5) is 0 Å². The molecule has 5 nitrogen and oxygen atoms in total. The van der Waals surface area contributed by atoms with Gasteiger partial charge in [0.15, 0.2) is 0 Å². The molecule has 0 aliphatic heterocycles. The zero-order chi connectivity index (χ0) is 12.3. The Morgan fingerprint density at radius 2 is 1.75 bits per heavy atom. The van der Waals surface area contributed by atoms with Crippen molar-refractivity contribution in [3.05, 3.63) is 0 Å². The highest BCUT2D eigenvalue weighted by Crippen LogP contribution is 2.25. The molecule has 94 valence electrons. The first-order valence-corrected chi connectivity index (χ1v) is 7.11. The predicted octanol–water partition coefficient (Wildman–Crippen LogP) is 0.958. The van der Waals surface area contributed by atoms with E-state index in [0.717, 1.165) is 0 Å². The molecule has 0 spiro atoms. The fourth-order valence-corrected chi connectivity index (χ4v) is 2.80. The van der Waals surface area contributed by atoms with Crippen molar-refractivity contribution in [1.82, 2.24) is 4.72 Å². The molecule has 0 atom stereocenters. The first-order valence-electron chi connectivity index (χ1n) is 5.57. The molecule has 1 aliphatic carbocycles. The number of nitrogens with one attached hydrogen (secondary N) is 1. The highest BCUT2D eigenvalue weighted by molar-refractivity contribution is 7.90. The van der Waals surface area contributed by atoms with Crippen LogP contribution in [0.2, 0.25) is 0 Å². The lowest BCUT2D eigenvalue weighted by Crippen LogP contribution is -2.41. The predicted molar refractivity (Wildman–Crippen MR) is 60.6 cm³/mol. The van der Waals surface area contributed by atoms with Crippen LogP contribution >= 0.6 is 0 Å². The summed E-state index contributed by atoms with van der Waals surface area (Å²) in [7, 11) is -3.23. The van der Waals surface area contributed by atoms with Gasteiger partial charge in [-0.3, -0.25) is 4.79 Å². The van der Waals surface area contributed by atoms with Gasteiger partial charge in [-0.05, 0) is 39.5 Å². The van der Waals surface area contributed by atoms with E-state index >= 15 is 0 Å². The number of carbonyl (C=O) groups is 1. The van der Waals surface area contributed by atoms with Crippen molar-refractivity contribution in [3.63, 3.8) is 0 Å². The number of hydrogen-bond donors (Lipinski definition) is 2. The quantitative estimate of drug-likeness (QED) is 0.777. The van der Waals surface area contributed by atoms with Gasteiger partial charge in [0.2, 0.25) is 10.0 Å². The summed E-state index contributed by atoms with van der Waals surface area (Å²) in [6.07, 6.45) is 2.34. The Kier molecular flexibility index (Phi) is 4.32. The van der Waals surface area contributed by atoms with Crippen molar-refractivity contribution in [2.24, 2.45) is 5.92 Å². The van der Waals surface area contributed by atoms with Gasteiger partial charge in [-0.2, -0.15) is 0 Å². The lowest BCUT2D eigenvalue weighted by molar-refractivity contribution is -0.142. The Bertz CT molecular complexity index is 342. The average molecular weight is 249 g/mol. The monoisotopic (exact) mass is 249 g/mol. The van der Waals surface area contributed by atoms with Crippen molar-refractivity contribution in [2.75, 3.05) is 0 Å². The highest BCUT2D eigenvalue weighted by Gasteiger charge is 2.29. The summed E-state index contributed by atoms with van der Waals surface area (Å²) < 4.78 is 25.8. The molecule has 0 saturated heterocycles. The number of hydrogen-bond acceptors (Lipinski definition) is 3. The molecular weight excluding hydrogens is 230 g/mol. The van der Waals surface area contributed by atoms with Crippen LogP contribution in [0.1, 0.15) is 39.5 Å². The van der Waals surface area contributed by atoms with Gasteiger partial charge < -0.3 is 5.11 Å². The molecule has 0 aromatic carbocycles. The minimum Gasteiger partial charge on any atom is -0.481 e. The van der Waals surface area contributed by atoms with Gasteiger partial charge in [0.25, 0.3) is 0 Å². The number of sulfonamides is 1. The molecule has 16 heavy (non-hydrogen) atoms. The van der Waals surface area contributed by atoms with Gasteiger partial charge in [-0.1, -0.05) is 0 Å². The normalized spacial score (nSPS) is 26.9. The molecule has 0 radical (unpaired) electrons. The molecule has 2 N–H and O–H groups in total. The largest absolute Gasteiger partial charge is 0.481 e. The van der Waals surface area contributed by atoms with E-state index in [-0.39, 0.29) is 12.0 Å². The Morgan fingerprint density at radius 3 is 2.12 bits per heavy atom. The van der Waals surface area contributed by atoms with Crippen molar-refractivity contribution in [3.8, 4) is 0 Å².